The molecule has 2 aromatic heterocycles. The van der Waals surface area contributed by atoms with Crippen LogP contribution in [-0.2, 0) is 0 Å². The number of aromatic nitrogens is 3. The van der Waals surface area contributed by atoms with Crippen molar-refractivity contribution in [3.8, 4) is 5.88 Å². The van der Waals surface area contributed by atoms with Gasteiger partial charge in [-0.3, -0.25) is 4.79 Å². The third-order valence-electron chi connectivity index (χ3n) is 5.70. The molecule has 2 bridgehead atoms. The van der Waals surface area contributed by atoms with Gasteiger partial charge in [0.1, 0.15) is 17.7 Å². The van der Waals surface area contributed by atoms with E-state index < -0.39 is 0 Å². The summed E-state index contributed by atoms with van der Waals surface area (Å²) in [5.74, 6) is 2.06. The summed E-state index contributed by atoms with van der Waals surface area (Å²) < 4.78 is 5.54. The maximum absolute atomic E-state index is 13.1. The van der Waals surface area contributed by atoms with Crippen molar-refractivity contribution in [2.45, 2.75) is 44.2 Å². The number of anilines is 1. The van der Waals surface area contributed by atoms with Gasteiger partial charge in [-0.05, 0) is 38.3 Å². The number of piperazine rings is 1. The highest BCUT2D eigenvalue weighted by molar-refractivity contribution is 5.97. The molecule has 27 heavy (non-hydrogen) atoms. The average molecular weight is 365 g/mol. The average Bonchev–Trinajstić information content (AvgIpc) is 3.54. The number of piperidine rings is 1. The van der Waals surface area contributed by atoms with E-state index in [9.17, 15) is 4.79 Å². The van der Waals surface area contributed by atoms with E-state index in [0.29, 0.717) is 24.0 Å². The highest BCUT2D eigenvalue weighted by Crippen LogP contribution is 2.40. The Balaban J connectivity index is 1.32. The molecule has 1 aliphatic carbocycles. The summed E-state index contributed by atoms with van der Waals surface area (Å²) in [6, 6.07) is 6.15. The number of amides is 1. The molecule has 2 unspecified atom stereocenters. The van der Waals surface area contributed by atoms with E-state index in [0.717, 1.165) is 31.0 Å². The van der Waals surface area contributed by atoms with Crippen LogP contribution in [0.4, 0.5) is 5.82 Å². The van der Waals surface area contributed by atoms with Crippen LogP contribution in [0.15, 0.2) is 30.7 Å². The second kappa shape index (κ2) is 6.48. The number of ether oxygens (including phenoxy) is 1. The molecule has 7 heteroatoms. The Bertz CT molecular complexity index is 857. The normalized spacial score (nSPS) is 23.7. The van der Waals surface area contributed by atoms with E-state index in [1.54, 1.807) is 24.7 Å². The van der Waals surface area contributed by atoms with Crippen molar-refractivity contribution in [3.63, 3.8) is 0 Å². The van der Waals surface area contributed by atoms with Gasteiger partial charge in [0.2, 0.25) is 5.88 Å². The van der Waals surface area contributed by atoms with Crippen molar-refractivity contribution in [3.05, 3.63) is 42.0 Å². The van der Waals surface area contributed by atoms with Crippen LogP contribution in [0.3, 0.4) is 0 Å². The Kier molecular flexibility index (Phi) is 3.95. The fourth-order valence-electron chi connectivity index (χ4n) is 4.21. The molecule has 2 atom stereocenters. The van der Waals surface area contributed by atoms with Gasteiger partial charge in [-0.15, -0.1) is 0 Å². The van der Waals surface area contributed by atoms with Gasteiger partial charge in [-0.2, -0.15) is 0 Å². The molecule has 0 radical (unpaired) electrons. The number of fused-ring (bicyclic) bond motifs is 2. The van der Waals surface area contributed by atoms with Crippen molar-refractivity contribution >= 4 is 11.7 Å². The summed E-state index contributed by atoms with van der Waals surface area (Å²) in [5.41, 5.74) is 1.71. The number of hydrogen-bond acceptors (Lipinski definition) is 6. The Morgan fingerprint density at radius 2 is 2.04 bits per heavy atom. The minimum absolute atomic E-state index is 0.0220. The van der Waals surface area contributed by atoms with Crippen LogP contribution >= 0.6 is 0 Å². The van der Waals surface area contributed by atoms with E-state index in [4.69, 9.17) is 4.74 Å². The smallest absolute Gasteiger partial charge is 0.259 e. The van der Waals surface area contributed by atoms with E-state index in [1.165, 1.54) is 12.8 Å². The Labute approximate surface area is 158 Å². The zero-order valence-corrected chi connectivity index (χ0v) is 15.4. The van der Waals surface area contributed by atoms with Gasteiger partial charge in [0, 0.05) is 37.0 Å². The quantitative estimate of drug-likeness (QED) is 0.809. The zero-order chi connectivity index (χ0) is 18.4. The molecule has 140 valence electrons. The topological polar surface area (TPSA) is 71.5 Å². The lowest BCUT2D eigenvalue weighted by molar-refractivity contribution is 0.00540. The first kappa shape index (κ1) is 16.5. The summed E-state index contributed by atoms with van der Waals surface area (Å²) >= 11 is 0. The van der Waals surface area contributed by atoms with E-state index in [-0.39, 0.29) is 18.0 Å². The van der Waals surface area contributed by atoms with E-state index >= 15 is 0 Å². The highest BCUT2D eigenvalue weighted by Gasteiger charge is 2.48. The fourth-order valence-corrected chi connectivity index (χ4v) is 4.21. The van der Waals surface area contributed by atoms with Gasteiger partial charge in [0.05, 0.1) is 18.7 Å². The molecule has 7 nitrogen and oxygen atoms in total. The molecule has 0 N–H and O–H groups in total. The van der Waals surface area contributed by atoms with Crippen LogP contribution in [0.2, 0.25) is 0 Å². The summed E-state index contributed by atoms with van der Waals surface area (Å²) in [5, 5.41) is 0. The van der Waals surface area contributed by atoms with Crippen molar-refractivity contribution < 1.29 is 9.53 Å². The summed E-state index contributed by atoms with van der Waals surface area (Å²) in [4.78, 5) is 30.5. The van der Waals surface area contributed by atoms with E-state index in [1.807, 2.05) is 11.8 Å². The van der Waals surface area contributed by atoms with Crippen molar-refractivity contribution in [2.24, 2.45) is 0 Å². The predicted octanol–water partition coefficient (Wildman–Crippen LogP) is 2.25. The number of carbonyl (C=O) groups excluding carboxylic acids is 1. The number of carbonyl (C=O) groups is 1. The Morgan fingerprint density at radius 1 is 1.22 bits per heavy atom. The summed E-state index contributed by atoms with van der Waals surface area (Å²) in [7, 11) is 0. The van der Waals surface area contributed by atoms with Crippen LogP contribution < -0.4 is 9.64 Å². The lowest BCUT2D eigenvalue weighted by Crippen LogP contribution is -2.70. The van der Waals surface area contributed by atoms with Crippen molar-refractivity contribution in [2.75, 3.05) is 24.6 Å². The van der Waals surface area contributed by atoms with Gasteiger partial charge in [-0.1, -0.05) is 0 Å². The number of nitrogens with zero attached hydrogens (tertiary/aromatic N) is 5. The zero-order valence-electron chi connectivity index (χ0n) is 15.4. The van der Waals surface area contributed by atoms with Crippen LogP contribution in [0, 0.1) is 0 Å². The maximum Gasteiger partial charge on any atom is 0.259 e. The van der Waals surface area contributed by atoms with Crippen LogP contribution in [0.5, 0.6) is 5.88 Å². The molecule has 3 saturated heterocycles. The standard InChI is InChI=1S/C20H23N5O2/c1-2-27-19-16(4-3-7-21-19)20(26)25-14-8-15(25)11-24(10-14)18-9-17(13-5-6-13)22-12-23-18/h3-4,7,9,12-15H,2,5-6,8,10-11H2,1H3. The van der Waals surface area contributed by atoms with Crippen LogP contribution in [-0.4, -0.2) is 57.5 Å². The van der Waals surface area contributed by atoms with E-state index in [2.05, 4.69) is 25.9 Å². The molecule has 6 rings (SSSR count). The number of hydrogen-bond donors (Lipinski definition) is 0. The molecule has 1 saturated carbocycles. The molecular weight excluding hydrogens is 342 g/mol. The van der Waals surface area contributed by atoms with Crippen molar-refractivity contribution in [1.29, 1.82) is 0 Å². The minimum atomic E-state index is 0.0220. The van der Waals surface area contributed by atoms with Crippen LogP contribution in [0.1, 0.15) is 48.2 Å². The molecule has 1 amide bonds. The molecule has 5 heterocycles. The van der Waals surface area contributed by atoms with Gasteiger partial charge >= 0.3 is 0 Å². The van der Waals surface area contributed by atoms with Gasteiger partial charge in [0.15, 0.2) is 0 Å². The highest BCUT2D eigenvalue weighted by atomic mass is 16.5. The second-order valence-electron chi connectivity index (χ2n) is 7.53. The molecule has 4 fully saturated rings. The third kappa shape index (κ3) is 2.91. The first-order valence-electron chi connectivity index (χ1n) is 9.72. The largest absolute Gasteiger partial charge is 0.477 e. The second-order valence-corrected chi connectivity index (χ2v) is 7.53. The number of rotatable bonds is 5. The summed E-state index contributed by atoms with van der Waals surface area (Å²) in [6.07, 6.45) is 6.85. The number of pyridine rings is 1. The lowest BCUT2D eigenvalue weighted by Gasteiger charge is -2.56. The Hall–Kier alpha value is -2.70. The molecule has 2 aromatic rings. The minimum Gasteiger partial charge on any atom is -0.477 e. The molecular formula is C20H23N5O2. The first-order chi connectivity index (χ1) is 13.2. The van der Waals surface area contributed by atoms with Gasteiger partial charge < -0.3 is 14.5 Å². The third-order valence-corrected chi connectivity index (χ3v) is 5.70. The SMILES string of the molecule is CCOc1ncccc1C(=O)N1C2CC1CN(c1cc(C3CC3)ncn1)C2. The fraction of sp³-hybridized carbons (Fsp3) is 0.500. The molecule has 0 aromatic carbocycles. The predicted molar refractivity (Wildman–Crippen MR) is 100.0 cm³/mol. The molecule has 3 aliphatic heterocycles. The van der Waals surface area contributed by atoms with Crippen LogP contribution in [0.25, 0.3) is 0 Å². The molecule has 4 aliphatic rings. The monoisotopic (exact) mass is 365 g/mol. The van der Waals surface area contributed by atoms with Crippen molar-refractivity contribution in [1.82, 2.24) is 19.9 Å². The van der Waals surface area contributed by atoms with Gasteiger partial charge in [-0.25, -0.2) is 15.0 Å². The Morgan fingerprint density at radius 3 is 2.78 bits per heavy atom. The lowest BCUT2D eigenvalue weighted by atomic mass is 9.86. The molecule has 0 spiro atoms. The van der Waals surface area contributed by atoms with Gasteiger partial charge in [0.25, 0.3) is 5.91 Å². The maximum atomic E-state index is 13.1. The first-order valence-corrected chi connectivity index (χ1v) is 9.72. The summed E-state index contributed by atoms with van der Waals surface area (Å²) in [6.45, 7) is 4.02.